The number of ether oxygens (including phenoxy) is 1. The highest BCUT2D eigenvalue weighted by atomic mass is 32.2. The first kappa shape index (κ1) is 17.3. The van der Waals surface area contributed by atoms with Gasteiger partial charge >= 0.3 is 0 Å². The highest BCUT2D eigenvalue weighted by molar-refractivity contribution is 7.92. The first-order chi connectivity index (χ1) is 11.9. The van der Waals surface area contributed by atoms with E-state index in [2.05, 4.69) is 9.82 Å². The van der Waals surface area contributed by atoms with Crippen LogP contribution in [0.3, 0.4) is 0 Å². The van der Waals surface area contributed by atoms with Crippen molar-refractivity contribution in [3.05, 3.63) is 54.1 Å². The quantitative estimate of drug-likeness (QED) is 0.658. The maximum atomic E-state index is 12.5. The number of anilines is 1. The summed E-state index contributed by atoms with van der Waals surface area (Å²) in [6.07, 6.45) is 1.59. The summed E-state index contributed by atoms with van der Waals surface area (Å²) < 4.78 is 33.4. The Hall–Kier alpha value is -2.54. The van der Waals surface area contributed by atoms with Crippen LogP contribution in [-0.2, 0) is 10.0 Å². The molecule has 2 atom stereocenters. The van der Waals surface area contributed by atoms with Crippen molar-refractivity contribution >= 4 is 21.9 Å². The highest BCUT2D eigenvalue weighted by Crippen LogP contribution is 2.39. The molecular weight excluding hydrogens is 338 g/mol. The second kappa shape index (κ2) is 6.76. The summed E-state index contributed by atoms with van der Waals surface area (Å²) in [4.78, 5) is 0.232. The fraction of sp³-hybridized carbons (Fsp3) is 0.278. The average molecular weight is 359 g/mol. The number of hydrogen-bond acceptors (Lipinski definition) is 5. The van der Waals surface area contributed by atoms with Crippen LogP contribution in [0.2, 0.25) is 0 Å². The third-order valence-corrected chi connectivity index (χ3v) is 5.40. The Morgan fingerprint density at radius 1 is 1.16 bits per heavy atom. The van der Waals surface area contributed by atoms with Gasteiger partial charge in [0.1, 0.15) is 11.9 Å². The molecule has 1 aliphatic rings. The molecule has 3 rings (SSSR count). The molecule has 1 aliphatic heterocycles. The molecule has 0 amide bonds. The van der Waals surface area contributed by atoms with Gasteiger partial charge in [-0.3, -0.25) is 4.72 Å². The van der Waals surface area contributed by atoms with E-state index in [1.807, 2.05) is 27.1 Å². The molecule has 1 heterocycles. The van der Waals surface area contributed by atoms with Gasteiger partial charge in [-0.15, -0.1) is 0 Å². The number of sulfonamides is 1. The Morgan fingerprint density at radius 3 is 2.56 bits per heavy atom. The minimum absolute atomic E-state index is 0.0832. The molecule has 0 spiro atoms. The smallest absolute Gasteiger partial charge is 0.261 e. The van der Waals surface area contributed by atoms with Gasteiger partial charge in [0.05, 0.1) is 11.1 Å². The van der Waals surface area contributed by atoms with Crippen LogP contribution in [0.5, 0.6) is 5.75 Å². The van der Waals surface area contributed by atoms with Gasteiger partial charge in [-0.05, 0) is 30.3 Å². The van der Waals surface area contributed by atoms with Crippen molar-refractivity contribution in [1.29, 1.82) is 0 Å². The Balaban J connectivity index is 1.82. The van der Waals surface area contributed by atoms with Crippen molar-refractivity contribution < 1.29 is 13.2 Å². The van der Waals surface area contributed by atoms with Crippen LogP contribution in [0.25, 0.3) is 0 Å². The fourth-order valence-electron chi connectivity index (χ4n) is 2.67. The zero-order chi connectivity index (χ0) is 18.0. The van der Waals surface area contributed by atoms with Crippen LogP contribution >= 0.6 is 0 Å². The maximum Gasteiger partial charge on any atom is 0.261 e. The molecular formula is C18H21N3O3S. The summed E-state index contributed by atoms with van der Waals surface area (Å²) in [6, 6.07) is 13.6. The third kappa shape index (κ3) is 3.76. The van der Waals surface area contributed by atoms with Gasteiger partial charge < -0.3 is 9.75 Å². The number of nitrogens with one attached hydrogen (secondary N) is 1. The van der Waals surface area contributed by atoms with E-state index in [1.165, 1.54) is 0 Å². The molecule has 1 N–H and O–H groups in total. The number of rotatable bonds is 5. The lowest BCUT2D eigenvalue weighted by atomic mass is 9.98. The number of nitrogens with zero attached hydrogens (tertiary/aromatic N) is 2. The lowest BCUT2D eigenvalue weighted by Gasteiger charge is -2.11. The molecule has 0 bridgehead atoms. The number of hydrogen-bond donors (Lipinski definition) is 1. The molecule has 0 fully saturated rings. The van der Waals surface area contributed by atoms with Gasteiger partial charge in [-0.25, -0.2) is 8.42 Å². The summed E-state index contributed by atoms with van der Waals surface area (Å²) in [5.74, 6) is 0.838. The Kier molecular flexibility index (Phi) is 4.67. The van der Waals surface area contributed by atoms with E-state index in [9.17, 15) is 8.42 Å². The summed E-state index contributed by atoms with van der Waals surface area (Å²) in [5, 5.41) is 5.94. The minimum Gasteiger partial charge on any atom is -0.484 e. The summed E-state index contributed by atoms with van der Waals surface area (Å²) >= 11 is 0. The number of hydrazone groups is 1. The topological polar surface area (TPSA) is 71.0 Å². The standard InChI is InChI=1S/C18H21N3O3S/c1-13-16-11-14(20-25(22,23)15-7-5-4-6-8-15)9-10-17(16)24-18(13)12-19-21(2)3/h4-13,18,20H,1-3H3/b19-12+/t13-,18+/m1/s1. The van der Waals surface area contributed by atoms with E-state index in [4.69, 9.17) is 4.74 Å². The summed E-state index contributed by atoms with van der Waals surface area (Å²) in [5.41, 5.74) is 1.48. The minimum atomic E-state index is -3.61. The second-order valence-corrected chi connectivity index (χ2v) is 7.84. The summed E-state index contributed by atoms with van der Waals surface area (Å²) in [6.45, 7) is 2.04. The Bertz CT molecular complexity index is 880. The predicted molar refractivity (Wildman–Crippen MR) is 98.7 cm³/mol. The Morgan fingerprint density at radius 2 is 1.88 bits per heavy atom. The first-order valence-electron chi connectivity index (χ1n) is 7.97. The lowest BCUT2D eigenvalue weighted by Crippen LogP contribution is -2.20. The van der Waals surface area contributed by atoms with E-state index in [0.29, 0.717) is 5.69 Å². The van der Waals surface area contributed by atoms with Gasteiger partial charge in [-0.2, -0.15) is 5.10 Å². The first-order valence-corrected chi connectivity index (χ1v) is 9.45. The second-order valence-electron chi connectivity index (χ2n) is 6.15. The van der Waals surface area contributed by atoms with E-state index >= 15 is 0 Å². The molecule has 132 valence electrons. The predicted octanol–water partition coefficient (Wildman–Crippen LogP) is 2.90. The van der Waals surface area contributed by atoms with Gasteiger partial charge in [0, 0.05) is 31.3 Å². The largest absolute Gasteiger partial charge is 0.484 e. The van der Waals surface area contributed by atoms with E-state index in [1.54, 1.807) is 53.7 Å². The molecule has 6 nitrogen and oxygen atoms in total. The normalized spacial score (nSPS) is 19.5. The van der Waals surface area contributed by atoms with Gasteiger partial charge in [0.25, 0.3) is 10.0 Å². The van der Waals surface area contributed by atoms with Crippen molar-refractivity contribution in [1.82, 2.24) is 5.01 Å². The van der Waals surface area contributed by atoms with Crippen LogP contribution in [0.4, 0.5) is 5.69 Å². The molecule has 0 saturated heterocycles. The highest BCUT2D eigenvalue weighted by Gasteiger charge is 2.30. The molecule has 2 aromatic rings. The average Bonchev–Trinajstić information content (AvgIpc) is 2.89. The maximum absolute atomic E-state index is 12.5. The molecule has 0 aliphatic carbocycles. The van der Waals surface area contributed by atoms with Gasteiger partial charge in [0.15, 0.2) is 0 Å². The lowest BCUT2D eigenvalue weighted by molar-refractivity contribution is 0.281. The third-order valence-electron chi connectivity index (χ3n) is 4.01. The molecule has 2 aromatic carbocycles. The molecule has 0 saturated carbocycles. The van der Waals surface area contributed by atoms with Gasteiger partial charge in [0.2, 0.25) is 0 Å². The zero-order valence-electron chi connectivity index (χ0n) is 14.4. The van der Waals surface area contributed by atoms with Crippen molar-refractivity contribution in [2.45, 2.75) is 23.8 Å². The van der Waals surface area contributed by atoms with Crippen LogP contribution < -0.4 is 9.46 Å². The molecule has 7 heteroatoms. The van der Waals surface area contributed by atoms with Gasteiger partial charge in [-0.1, -0.05) is 25.1 Å². The van der Waals surface area contributed by atoms with Crippen LogP contribution in [0.15, 0.2) is 58.5 Å². The number of benzene rings is 2. The number of fused-ring (bicyclic) bond motifs is 1. The van der Waals surface area contributed by atoms with Crippen LogP contribution in [0, 0.1) is 0 Å². The van der Waals surface area contributed by atoms with Crippen LogP contribution in [0.1, 0.15) is 18.4 Å². The fourth-order valence-corrected chi connectivity index (χ4v) is 3.74. The zero-order valence-corrected chi connectivity index (χ0v) is 15.2. The van der Waals surface area contributed by atoms with E-state index in [-0.39, 0.29) is 16.9 Å². The molecule has 0 aromatic heterocycles. The monoisotopic (exact) mass is 359 g/mol. The molecule has 0 radical (unpaired) electrons. The van der Waals surface area contributed by atoms with Crippen molar-refractivity contribution in [2.24, 2.45) is 5.10 Å². The van der Waals surface area contributed by atoms with Crippen molar-refractivity contribution in [3.63, 3.8) is 0 Å². The van der Waals surface area contributed by atoms with Crippen molar-refractivity contribution in [3.8, 4) is 5.75 Å². The van der Waals surface area contributed by atoms with Crippen molar-refractivity contribution in [2.75, 3.05) is 18.8 Å². The molecule has 25 heavy (non-hydrogen) atoms. The van der Waals surface area contributed by atoms with E-state index in [0.717, 1.165) is 11.3 Å². The Labute approximate surface area is 148 Å². The molecule has 0 unspecified atom stereocenters. The van der Waals surface area contributed by atoms with E-state index < -0.39 is 10.0 Å². The summed E-state index contributed by atoms with van der Waals surface area (Å²) in [7, 11) is 0.0869. The van der Waals surface area contributed by atoms with Crippen LogP contribution in [-0.4, -0.2) is 39.8 Å². The SMILES string of the molecule is C[C@@H]1c2cc(NS(=O)(=O)c3ccccc3)ccc2O[C@H]1/C=N/N(C)C.